The van der Waals surface area contributed by atoms with E-state index >= 15 is 0 Å². The van der Waals surface area contributed by atoms with E-state index in [1.54, 1.807) is 12.1 Å². The minimum atomic E-state index is -0.906. The molecule has 0 spiro atoms. The number of amides is 4. The first kappa shape index (κ1) is 21.2. The molecule has 1 aromatic carbocycles. The predicted molar refractivity (Wildman–Crippen MR) is 109 cm³/mol. The summed E-state index contributed by atoms with van der Waals surface area (Å²) in [4.78, 5) is 50.0. The van der Waals surface area contributed by atoms with Gasteiger partial charge in [0.2, 0.25) is 11.8 Å². The highest BCUT2D eigenvalue weighted by Gasteiger charge is 2.44. The molecule has 0 aliphatic carbocycles. The number of fused-ring (bicyclic) bond motifs is 1. The number of nitrogens with one attached hydrogen (secondary N) is 1. The molecule has 0 bridgehead atoms. The molecule has 2 aliphatic heterocycles. The van der Waals surface area contributed by atoms with Gasteiger partial charge >= 0.3 is 0 Å². The van der Waals surface area contributed by atoms with Gasteiger partial charge in [-0.1, -0.05) is 57.9 Å². The van der Waals surface area contributed by atoms with Gasteiger partial charge in [0.05, 0.1) is 11.1 Å². The topological polar surface area (TPSA) is 83.6 Å². The van der Waals surface area contributed by atoms with Crippen LogP contribution in [0.4, 0.5) is 0 Å². The Morgan fingerprint density at radius 2 is 1.55 bits per heavy atom. The first-order valence-corrected chi connectivity index (χ1v) is 10.9. The number of piperidine rings is 1. The molecular formula is C23H30N2O4. The van der Waals surface area contributed by atoms with Crippen LogP contribution in [-0.2, 0) is 16.0 Å². The van der Waals surface area contributed by atoms with E-state index in [9.17, 15) is 19.2 Å². The van der Waals surface area contributed by atoms with Gasteiger partial charge in [-0.2, -0.15) is 0 Å². The molecule has 29 heavy (non-hydrogen) atoms. The lowest BCUT2D eigenvalue weighted by molar-refractivity contribution is -0.136. The molecule has 156 valence electrons. The Balaban J connectivity index is 1.55. The summed E-state index contributed by atoms with van der Waals surface area (Å²) in [5, 5.41) is 2.22. The first-order valence-electron chi connectivity index (χ1n) is 10.9. The van der Waals surface area contributed by atoms with Crippen molar-refractivity contribution in [3.63, 3.8) is 0 Å². The second-order valence-electron chi connectivity index (χ2n) is 8.05. The average Bonchev–Trinajstić information content (AvgIpc) is 2.94. The maximum Gasteiger partial charge on any atom is 0.262 e. The lowest BCUT2D eigenvalue weighted by Gasteiger charge is -2.27. The van der Waals surface area contributed by atoms with Crippen molar-refractivity contribution in [3.05, 3.63) is 34.9 Å². The normalized spacial score (nSPS) is 18.9. The van der Waals surface area contributed by atoms with Gasteiger partial charge in [0.15, 0.2) is 0 Å². The summed E-state index contributed by atoms with van der Waals surface area (Å²) < 4.78 is 0. The third-order valence-electron chi connectivity index (χ3n) is 5.82. The Labute approximate surface area is 172 Å². The summed E-state index contributed by atoms with van der Waals surface area (Å²) in [6.07, 6.45) is 11.1. The third-order valence-corrected chi connectivity index (χ3v) is 5.82. The molecule has 1 aromatic rings. The fraction of sp³-hybridized carbons (Fsp3) is 0.565. The van der Waals surface area contributed by atoms with E-state index in [-0.39, 0.29) is 18.7 Å². The zero-order chi connectivity index (χ0) is 20.8. The Hall–Kier alpha value is -2.50. The van der Waals surface area contributed by atoms with Crippen molar-refractivity contribution in [2.24, 2.45) is 0 Å². The van der Waals surface area contributed by atoms with E-state index in [2.05, 4.69) is 12.2 Å². The second kappa shape index (κ2) is 9.81. The van der Waals surface area contributed by atoms with Crippen LogP contribution in [0.2, 0.25) is 0 Å². The van der Waals surface area contributed by atoms with E-state index < -0.39 is 23.8 Å². The summed E-state index contributed by atoms with van der Waals surface area (Å²) in [6.45, 7) is 2.22. The van der Waals surface area contributed by atoms with Gasteiger partial charge in [0.25, 0.3) is 11.8 Å². The van der Waals surface area contributed by atoms with Crippen LogP contribution in [0.25, 0.3) is 0 Å². The largest absolute Gasteiger partial charge is 0.295 e. The van der Waals surface area contributed by atoms with Crippen LogP contribution in [0.1, 0.15) is 97.4 Å². The summed E-state index contributed by atoms with van der Waals surface area (Å²) in [7, 11) is 0. The molecule has 1 unspecified atom stereocenters. The van der Waals surface area contributed by atoms with Crippen molar-refractivity contribution >= 4 is 23.6 Å². The number of hydrogen-bond acceptors (Lipinski definition) is 4. The van der Waals surface area contributed by atoms with Crippen molar-refractivity contribution in [2.45, 2.75) is 83.6 Å². The van der Waals surface area contributed by atoms with Crippen LogP contribution >= 0.6 is 0 Å². The van der Waals surface area contributed by atoms with Crippen molar-refractivity contribution in [1.82, 2.24) is 10.2 Å². The summed E-state index contributed by atoms with van der Waals surface area (Å²) >= 11 is 0. The molecule has 1 fully saturated rings. The maximum atomic E-state index is 12.8. The van der Waals surface area contributed by atoms with Crippen LogP contribution in [0, 0.1) is 0 Å². The van der Waals surface area contributed by atoms with Gasteiger partial charge in [0, 0.05) is 6.42 Å². The van der Waals surface area contributed by atoms with Crippen LogP contribution < -0.4 is 5.32 Å². The number of aryl methyl sites for hydroxylation is 1. The molecule has 6 heteroatoms. The highest BCUT2D eigenvalue weighted by Crippen LogP contribution is 2.28. The summed E-state index contributed by atoms with van der Waals surface area (Å²) in [6, 6.07) is 4.49. The molecule has 1 N–H and O–H groups in total. The quantitative estimate of drug-likeness (QED) is 0.480. The van der Waals surface area contributed by atoms with E-state index in [0.29, 0.717) is 11.1 Å². The van der Waals surface area contributed by atoms with Gasteiger partial charge in [0.1, 0.15) is 6.04 Å². The molecule has 4 amide bonds. The highest BCUT2D eigenvalue weighted by atomic mass is 16.2. The number of benzene rings is 1. The van der Waals surface area contributed by atoms with E-state index in [1.807, 2.05) is 6.07 Å². The maximum absolute atomic E-state index is 12.8. The molecule has 6 nitrogen and oxygen atoms in total. The average molecular weight is 399 g/mol. The number of unbranched alkanes of at least 4 members (excludes halogenated alkanes) is 7. The zero-order valence-electron chi connectivity index (χ0n) is 17.2. The standard InChI is InChI=1S/C23H30N2O4/c1-2-3-4-5-6-7-8-9-10-16-11-12-17-18(15-16)23(29)25(22(17)28)19-13-14-20(26)24-21(19)27/h11-12,15,19H,2-10,13-14H2,1H3,(H,24,26,27). The van der Waals surface area contributed by atoms with E-state index in [1.165, 1.54) is 44.9 Å². The second-order valence-corrected chi connectivity index (χ2v) is 8.05. The summed E-state index contributed by atoms with van der Waals surface area (Å²) in [5.41, 5.74) is 1.76. The fourth-order valence-electron chi connectivity index (χ4n) is 4.14. The van der Waals surface area contributed by atoms with Crippen LogP contribution in [-0.4, -0.2) is 34.6 Å². The Morgan fingerprint density at radius 1 is 0.897 bits per heavy atom. The van der Waals surface area contributed by atoms with Gasteiger partial charge in [-0.05, 0) is 37.0 Å². The first-order chi connectivity index (χ1) is 14.0. The van der Waals surface area contributed by atoms with Gasteiger partial charge < -0.3 is 0 Å². The number of hydrogen-bond donors (Lipinski definition) is 1. The SMILES string of the molecule is CCCCCCCCCCc1ccc2c(c1)C(=O)N(C1CCC(=O)NC1=O)C2=O. The molecule has 3 rings (SSSR count). The number of carbonyl (C=O) groups excluding carboxylic acids is 4. The minimum Gasteiger partial charge on any atom is -0.295 e. The third kappa shape index (κ3) is 4.92. The van der Waals surface area contributed by atoms with Crippen molar-refractivity contribution < 1.29 is 19.2 Å². The van der Waals surface area contributed by atoms with Crippen LogP contribution in [0.3, 0.4) is 0 Å². The summed E-state index contributed by atoms with van der Waals surface area (Å²) in [5.74, 6) is -1.82. The lowest BCUT2D eigenvalue weighted by Crippen LogP contribution is -2.54. The smallest absolute Gasteiger partial charge is 0.262 e. The monoisotopic (exact) mass is 398 g/mol. The van der Waals surface area contributed by atoms with E-state index in [0.717, 1.165) is 23.3 Å². The van der Waals surface area contributed by atoms with Crippen molar-refractivity contribution in [1.29, 1.82) is 0 Å². The van der Waals surface area contributed by atoms with Crippen LogP contribution in [0.15, 0.2) is 18.2 Å². The molecule has 1 atom stereocenters. The molecule has 0 radical (unpaired) electrons. The molecule has 2 aliphatic rings. The molecule has 0 saturated carbocycles. The predicted octanol–water partition coefficient (Wildman–Crippen LogP) is 3.77. The van der Waals surface area contributed by atoms with E-state index in [4.69, 9.17) is 0 Å². The van der Waals surface area contributed by atoms with Gasteiger partial charge in [-0.25, -0.2) is 0 Å². The molecule has 1 saturated heterocycles. The molecule has 0 aromatic heterocycles. The number of rotatable bonds is 10. The number of nitrogens with zero attached hydrogens (tertiary/aromatic N) is 1. The van der Waals surface area contributed by atoms with Gasteiger partial charge in [-0.15, -0.1) is 0 Å². The minimum absolute atomic E-state index is 0.132. The number of imide groups is 2. The van der Waals surface area contributed by atoms with Gasteiger partial charge in [-0.3, -0.25) is 29.4 Å². The van der Waals surface area contributed by atoms with Crippen molar-refractivity contribution in [2.75, 3.05) is 0 Å². The van der Waals surface area contributed by atoms with Crippen LogP contribution in [0.5, 0.6) is 0 Å². The highest BCUT2D eigenvalue weighted by molar-refractivity contribution is 6.23. The Morgan fingerprint density at radius 3 is 2.24 bits per heavy atom. The molecule has 2 heterocycles. The number of carbonyl (C=O) groups is 4. The Bertz CT molecular complexity index is 802. The Kier molecular flexibility index (Phi) is 7.18. The molecular weight excluding hydrogens is 368 g/mol. The van der Waals surface area contributed by atoms with Crippen molar-refractivity contribution in [3.8, 4) is 0 Å². The fourth-order valence-corrected chi connectivity index (χ4v) is 4.14. The lowest BCUT2D eigenvalue weighted by atomic mass is 10.0. The zero-order valence-corrected chi connectivity index (χ0v) is 17.2.